The zero-order valence-electron chi connectivity index (χ0n) is 16.5. The second-order valence-electron chi connectivity index (χ2n) is 5.96. The van der Waals surface area contributed by atoms with Crippen LogP contribution in [0.15, 0.2) is 23.4 Å². The minimum atomic E-state index is -0.0496. The molecule has 1 amide bonds. The van der Waals surface area contributed by atoms with Gasteiger partial charge in [-0.15, -0.1) is 0 Å². The fourth-order valence-corrected chi connectivity index (χ4v) is 3.50. The van der Waals surface area contributed by atoms with Crippen LogP contribution in [0.3, 0.4) is 0 Å². The normalized spacial score (nSPS) is 10.7. The highest BCUT2D eigenvalue weighted by molar-refractivity contribution is 7.99. The van der Waals surface area contributed by atoms with E-state index in [1.54, 1.807) is 21.3 Å². The summed E-state index contributed by atoms with van der Waals surface area (Å²) < 4.78 is 17.8. The number of rotatable bonds is 10. The predicted molar refractivity (Wildman–Crippen MR) is 106 cm³/mol. The van der Waals surface area contributed by atoms with Crippen LogP contribution in [0.2, 0.25) is 0 Å². The molecule has 1 aromatic heterocycles. The third kappa shape index (κ3) is 5.64. The first-order valence-corrected chi connectivity index (χ1v) is 9.61. The number of nitrogens with one attached hydrogen (secondary N) is 1. The van der Waals surface area contributed by atoms with E-state index >= 15 is 0 Å². The fourth-order valence-electron chi connectivity index (χ4n) is 2.55. The van der Waals surface area contributed by atoms with Crippen LogP contribution in [0.4, 0.5) is 0 Å². The van der Waals surface area contributed by atoms with Crippen LogP contribution in [0.5, 0.6) is 11.5 Å². The Morgan fingerprint density at radius 1 is 1.19 bits per heavy atom. The van der Waals surface area contributed by atoms with Crippen molar-refractivity contribution in [2.75, 3.05) is 33.7 Å². The number of imidazole rings is 1. The molecule has 2 rings (SSSR count). The predicted octanol–water partition coefficient (Wildman–Crippen LogP) is 2.57. The Bertz CT molecular complexity index is 777. The molecule has 0 radical (unpaired) electrons. The first-order valence-electron chi connectivity index (χ1n) is 8.63. The molecular weight excluding hydrogens is 366 g/mol. The van der Waals surface area contributed by atoms with Crippen LogP contribution >= 0.6 is 11.8 Å². The average molecular weight is 394 g/mol. The number of carbonyl (C=O) groups is 1. The number of benzene rings is 1. The molecule has 0 saturated carbocycles. The molecule has 1 heterocycles. The number of thioether (sulfide) groups is 1. The van der Waals surface area contributed by atoms with Gasteiger partial charge < -0.3 is 24.1 Å². The Balaban J connectivity index is 1.91. The smallest absolute Gasteiger partial charge is 0.230 e. The van der Waals surface area contributed by atoms with Crippen molar-refractivity contribution < 1.29 is 19.0 Å². The van der Waals surface area contributed by atoms with Gasteiger partial charge in [-0.1, -0.05) is 17.8 Å². The molecule has 0 fully saturated rings. The SMILES string of the molecule is COCCn1c(SCC(=O)NCc2ccc(OC)c(OC)c2)nc(C)c1C. The number of carbonyl (C=O) groups excluding carboxylic acids is 1. The summed E-state index contributed by atoms with van der Waals surface area (Å²) in [6, 6.07) is 5.59. The summed E-state index contributed by atoms with van der Waals surface area (Å²) in [5.41, 5.74) is 3.01. The maximum Gasteiger partial charge on any atom is 0.230 e. The van der Waals surface area contributed by atoms with Crippen molar-refractivity contribution in [1.82, 2.24) is 14.9 Å². The summed E-state index contributed by atoms with van der Waals surface area (Å²) in [6.45, 7) is 5.75. The Labute approximate surface area is 164 Å². The van der Waals surface area contributed by atoms with Crippen molar-refractivity contribution in [3.63, 3.8) is 0 Å². The zero-order valence-corrected chi connectivity index (χ0v) is 17.3. The van der Waals surface area contributed by atoms with E-state index in [1.807, 2.05) is 32.0 Å². The van der Waals surface area contributed by atoms with Gasteiger partial charge in [0.2, 0.25) is 5.91 Å². The van der Waals surface area contributed by atoms with E-state index in [0.29, 0.717) is 30.4 Å². The molecule has 8 heteroatoms. The minimum absolute atomic E-state index is 0.0496. The highest BCUT2D eigenvalue weighted by Gasteiger charge is 2.13. The molecule has 1 N–H and O–H groups in total. The average Bonchev–Trinajstić information content (AvgIpc) is 2.96. The van der Waals surface area contributed by atoms with Crippen LogP contribution in [0.25, 0.3) is 0 Å². The lowest BCUT2D eigenvalue weighted by molar-refractivity contribution is -0.118. The van der Waals surface area contributed by atoms with E-state index in [-0.39, 0.29) is 5.91 Å². The summed E-state index contributed by atoms with van der Waals surface area (Å²) in [6.07, 6.45) is 0. The van der Waals surface area contributed by atoms with Crippen LogP contribution in [0, 0.1) is 13.8 Å². The maximum absolute atomic E-state index is 12.2. The van der Waals surface area contributed by atoms with Gasteiger partial charge in [-0.25, -0.2) is 4.98 Å². The van der Waals surface area contributed by atoms with Crippen molar-refractivity contribution in [3.8, 4) is 11.5 Å². The molecule has 27 heavy (non-hydrogen) atoms. The van der Waals surface area contributed by atoms with Crippen molar-refractivity contribution in [2.24, 2.45) is 0 Å². The second-order valence-corrected chi connectivity index (χ2v) is 6.91. The topological polar surface area (TPSA) is 74.6 Å². The largest absolute Gasteiger partial charge is 0.493 e. The van der Waals surface area contributed by atoms with Crippen molar-refractivity contribution in [1.29, 1.82) is 0 Å². The van der Waals surface area contributed by atoms with Crippen molar-refractivity contribution in [3.05, 3.63) is 35.2 Å². The molecule has 0 atom stereocenters. The van der Waals surface area contributed by atoms with Crippen LogP contribution < -0.4 is 14.8 Å². The number of hydrogen-bond acceptors (Lipinski definition) is 6. The third-order valence-electron chi connectivity index (χ3n) is 4.21. The number of ether oxygens (including phenoxy) is 3. The molecular formula is C19H27N3O4S. The van der Waals surface area contributed by atoms with E-state index in [1.165, 1.54) is 11.8 Å². The molecule has 0 unspecified atom stereocenters. The summed E-state index contributed by atoms with van der Waals surface area (Å²) in [4.78, 5) is 16.8. The third-order valence-corrected chi connectivity index (χ3v) is 5.19. The van der Waals surface area contributed by atoms with Gasteiger partial charge in [-0.3, -0.25) is 4.79 Å². The summed E-state index contributed by atoms with van der Waals surface area (Å²) in [5, 5.41) is 3.76. The lowest BCUT2D eigenvalue weighted by atomic mass is 10.2. The Hall–Kier alpha value is -2.19. The number of nitrogens with zero attached hydrogens (tertiary/aromatic N) is 2. The van der Waals surface area contributed by atoms with E-state index in [2.05, 4.69) is 14.9 Å². The van der Waals surface area contributed by atoms with Gasteiger partial charge in [0.05, 0.1) is 32.3 Å². The standard InChI is InChI=1S/C19H27N3O4S/c1-13-14(2)22(8-9-24-3)19(21-13)27-12-18(23)20-11-15-6-7-16(25-4)17(10-15)26-5/h6-7,10H,8-9,11-12H2,1-5H3,(H,20,23). The monoisotopic (exact) mass is 393 g/mol. The lowest BCUT2D eigenvalue weighted by Crippen LogP contribution is -2.24. The van der Waals surface area contributed by atoms with Crippen molar-refractivity contribution >= 4 is 17.7 Å². The van der Waals surface area contributed by atoms with Gasteiger partial charge in [0, 0.05) is 25.9 Å². The number of aromatic nitrogens is 2. The summed E-state index contributed by atoms with van der Waals surface area (Å²) >= 11 is 1.43. The van der Waals surface area contributed by atoms with Gasteiger partial charge in [0.25, 0.3) is 0 Å². The molecule has 0 spiro atoms. The molecule has 0 saturated heterocycles. The minimum Gasteiger partial charge on any atom is -0.493 e. The summed E-state index contributed by atoms with van der Waals surface area (Å²) in [5.74, 6) is 1.56. The molecule has 2 aromatic rings. The Kier molecular flexibility index (Phi) is 7.99. The highest BCUT2D eigenvalue weighted by atomic mass is 32.2. The Morgan fingerprint density at radius 3 is 2.59 bits per heavy atom. The Morgan fingerprint density at radius 2 is 1.93 bits per heavy atom. The van der Waals surface area contributed by atoms with E-state index < -0.39 is 0 Å². The molecule has 148 valence electrons. The first-order chi connectivity index (χ1) is 13.0. The number of methoxy groups -OCH3 is 3. The lowest BCUT2D eigenvalue weighted by Gasteiger charge is -2.11. The van der Waals surface area contributed by atoms with E-state index in [9.17, 15) is 4.79 Å². The van der Waals surface area contributed by atoms with Crippen LogP contribution in [0.1, 0.15) is 17.0 Å². The molecule has 1 aromatic carbocycles. The zero-order chi connectivity index (χ0) is 19.8. The fraction of sp³-hybridized carbons (Fsp3) is 0.474. The van der Waals surface area contributed by atoms with Gasteiger partial charge >= 0.3 is 0 Å². The van der Waals surface area contributed by atoms with Crippen LogP contribution in [-0.2, 0) is 22.6 Å². The second kappa shape index (κ2) is 10.2. The van der Waals surface area contributed by atoms with E-state index in [0.717, 1.165) is 28.7 Å². The highest BCUT2D eigenvalue weighted by Crippen LogP contribution is 2.27. The molecule has 0 bridgehead atoms. The van der Waals surface area contributed by atoms with E-state index in [4.69, 9.17) is 14.2 Å². The molecule has 7 nitrogen and oxygen atoms in total. The molecule has 0 aliphatic carbocycles. The van der Waals surface area contributed by atoms with Gasteiger partial charge in [-0.2, -0.15) is 0 Å². The number of aryl methyl sites for hydroxylation is 1. The molecule has 0 aliphatic rings. The number of hydrogen-bond donors (Lipinski definition) is 1. The first kappa shape index (κ1) is 21.1. The van der Waals surface area contributed by atoms with Crippen LogP contribution in [-0.4, -0.2) is 49.1 Å². The summed E-state index contributed by atoms with van der Waals surface area (Å²) in [7, 11) is 4.86. The van der Waals surface area contributed by atoms with Crippen molar-refractivity contribution in [2.45, 2.75) is 32.1 Å². The van der Waals surface area contributed by atoms with Gasteiger partial charge in [-0.05, 0) is 31.5 Å². The molecule has 0 aliphatic heterocycles. The quantitative estimate of drug-likeness (QED) is 0.626. The number of amides is 1. The van der Waals surface area contributed by atoms with Gasteiger partial charge in [0.15, 0.2) is 16.7 Å². The van der Waals surface area contributed by atoms with Gasteiger partial charge in [0.1, 0.15) is 0 Å². The maximum atomic E-state index is 12.2.